The Labute approximate surface area is 105 Å². The molecular weight excluding hydrogens is 230 g/mol. The second kappa shape index (κ2) is 4.10. The topological polar surface area (TPSA) is 75.4 Å². The fraction of sp³-hybridized carbons (Fsp3) is 0.385. The van der Waals surface area contributed by atoms with Gasteiger partial charge in [-0.25, -0.2) is 4.90 Å². The molecule has 1 aromatic carbocycles. The maximum Gasteiger partial charge on any atom is 0.250 e. The molecule has 1 fully saturated rings. The third kappa shape index (κ3) is 1.67. The van der Waals surface area contributed by atoms with Crippen molar-refractivity contribution in [3.05, 3.63) is 23.8 Å². The van der Waals surface area contributed by atoms with Crippen LogP contribution in [0.3, 0.4) is 0 Å². The summed E-state index contributed by atoms with van der Waals surface area (Å²) in [6.07, 6.45) is 2.04. The summed E-state index contributed by atoms with van der Waals surface area (Å²) in [4.78, 5) is 25.6. The van der Waals surface area contributed by atoms with Crippen LogP contribution < -0.4 is 16.0 Å². The number of hydrogen-bond acceptors (Lipinski definition) is 4. The molecular formula is C13H15N3O2. The average molecular weight is 245 g/mol. The first kappa shape index (κ1) is 11.2. The SMILES string of the molecule is Nc1ccc2c(c1)CC(=O)N2C(=O)C1CCCN1. The standard InChI is InChI=1S/C13H15N3O2/c14-9-3-4-11-8(6-9)7-12(17)16(11)13(18)10-2-1-5-15-10/h3-4,6,10,15H,1-2,5,7,14H2. The Kier molecular flexibility index (Phi) is 2.56. The summed E-state index contributed by atoms with van der Waals surface area (Å²) in [7, 11) is 0. The van der Waals surface area contributed by atoms with Crippen LogP contribution in [-0.2, 0) is 16.0 Å². The third-order valence-electron chi connectivity index (χ3n) is 3.51. The molecule has 1 unspecified atom stereocenters. The maximum absolute atomic E-state index is 12.3. The summed E-state index contributed by atoms with van der Waals surface area (Å²) in [5, 5.41) is 3.13. The summed E-state index contributed by atoms with van der Waals surface area (Å²) in [5.41, 5.74) is 7.84. The molecule has 0 bridgehead atoms. The first-order chi connectivity index (χ1) is 8.66. The molecule has 5 nitrogen and oxygen atoms in total. The zero-order valence-corrected chi connectivity index (χ0v) is 9.98. The second-order valence-electron chi connectivity index (χ2n) is 4.78. The number of carbonyl (C=O) groups excluding carboxylic acids is 2. The van der Waals surface area contributed by atoms with Crippen LogP contribution in [0.1, 0.15) is 18.4 Å². The number of carbonyl (C=O) groups is 2. The summed E-state index contributed by atoms with van der Waals surface area (Å²) < 4.78 is 0. The highest BCUT2D eigenvalue weighted by molar-refractivity contribution is 6.20. The lowest BCUT2D eigenvalue weighted by Gasteiger charge is -2.19. The average Bonchev–Trinajstić information content (AvgIpc) is 2.94. The number of amides is 2. The van der Waals surface area contributed by atoms with E-state index in [2.05, 4.69) is 5.32 Å². The highest BCUT2D eigenvalue weighted by Gasteiger charge is 2.36. The van der Waals surface area contributed by atoms with Crippen molar-refractivity contribution in [1.29, 1.82) is 0 Å². The minimum absolute atomic E-state index is 0.138. The number of benzene rings is 1. The molecule has 1 saturated heterocycles. The minimum Gasteiger partial charge on any atom is -0.399 e. The quantitative estimate of drug-likeness (QED) is 0.556. The smallest absolute Gasteiger partial charge is 0.250 e. The molecule has 2 amide bonds. The second-order valence-corrected chi connectivity index (χ2v) is 4.78. The molecule has 3 N–H and O–H groups in total. The Morgan fingerprint density at radius 2 is 2.28 bits per heavy atom. The fourth-order valence-corrected chi connectivity index (χ4v) is 2.63. The number of rotatable bonds is 1. The normalized spacial score (nSPS) is 22.3. The fourth-order valence-electron chi connectivity index (χ4n) is 2.63. The lowest BCUT2D eigenvalue weighted by Crippen LogP contribution is -2.45. The van der Waals surface area contributed by atoms with Gasteiger partial charge < -0.3 is 11.1 Å². The summed E-state index contributed by atoms with van der Waals surface area (Å²) in [5.74, 6) is -0.296. The zero-order chi connectivity index (χ0) is 12.7. The summed E-state index contributed by atoms with van der Waals surface area (Å²) in [6, 6.07) is 5.02. The van der Waals surface area contributed by atoms with Crippen LogP contribution in [0.25, 0.3) is 0 Å². The molecule has 94 valence electrons. The van der Waals surface area contributed by atoms with Gasteiger partial charge in [0, 0.05) is 5.69 Å². The van der Waals surface area contributed by atoms with Gasteiger partial charge in [-0.1, -0.05) is 0 Å². The van der Waals surface area contributed by atoms with E-state index in [4.69, 9.17) is 5.73 Å². The summed E-state index contributed by atoms with van der Waals surface area (Å²) in [6.45, 7) is 0.840. The molecule has 0 radical (unpaired) electrons. The van der Waals surface area contributed by atoms with Gasteiger partial charge in [-0.3, -0.25) is 9.59 Å². The number of anilines is 2. The van der Waals surface area contributed by atoms with Crippen LogP contribution >= 0.6 is 0 Å². The first-order valence-electron chi connectivity index (χ1n) is 6.15. The van der Waals surface area contributed by atoms with Crippen LogP contribution in [0.5, 0.6) is 0 Å². The van der Waals surface area contributed by atoms with Gasteiger partial charge in [-0.15, -0.1) is 0 Å². The van der Waals surface area contributed by atoms with Crippen LogP contribution in [0.4, 0.5) is 11.4 Å². The number of imide groups is 1. The number of fused-ring (bicyclic) bond motifs is 1. The van der Waals surface area contributed by atoms with Crippen LogP contribution in [0, 0.1) is 0 Å². The van der Waals surface area contributed by atoms with Crippen molar-refractivity contribution in [2.45, 2.75) is 25.3 Å². The van der Waals surface area contributed by atoms with Crippen molar-refractivity contribution < 1.29 is 9.59 Å². The molecule has 2 aliphatic heterocycles. The number of hydrogen-bond donors (Lipinski definition) is 2. The molecule has 2 heterocycles. The van der Waals surface area contributed by atoms with E-state index in [1.165, 1.54) is 4.90 Å². The highest BCUT2D eigenvalue weighted by atomic mass is 16.2. The molecule has 18 heavy (non-hydrogen) atoms. The van der Waals surface area contributed by atoms with Crippen molar-refractivity contribution in [2.75, 3.05) is 17.2 Å². The first-order valence-corrected chi connectivity index (χ1v) is 6.15. The molecule has 2 aliphatic rings. The van der Waals surface area contributed by atoms with Crippen molar-refractivity contribution in [2.24, 2.45) is 0 Å². The van der Waals surface area contributed by atoms with E-state index < -0.39 is 0 Å². The Morgan fingerprint density at radius 1 is 1.44 bits per heavy atom. The van der Waals surface area contributed by atoms with Crippen LogP contribution in [-0.4, -0.2) is 24.4 Å². The van der Waals surface area contributed by atoms with E-state index in [1.807, 2.05) is 0 Å². The van der Waals surface area contributed by atoms with Gasteiger partial charge in [-0.05, 0) is 43.1 Å². The van der Waals surface area contributed by atoms with Crippen molar-refractivity contribution >= 4 is 23.2 Å². The number of nitrogens with two attached hydrogens (primary N) is 1. The van der Waals surface area contributed by atoms with Gasteiger partial charge in [-0.2, -0.15) is 0 Å². The van der Waals surface area contributed by atoms with Crippen LogP contribution in [0.2, 0.25) is 0 Å². The van der Waals surface area contributed by atoms with Crippen molar-refractivity contribution in [3.63, 3.8) is 0 Å². The van der Waals surface area contributed by atoms with Gasteiger partial charge in [0.25, 0.3) is 5.91 Å². The largest absolute Gasteiger partial charge is 0.399 e. The summed E-state index contributed by atoms with van der Waals surface area (Å²) >= 11 is 0. The van der Waals surface area contributed by atoms with Crippen molar-refractivity contribution in [3.8, 4) is 0 Å². The molecule has 1 atom stereocenters. The Balaban J connectivity index is 1.93. The monoisotopic (exact) mass is 245 g/mol. The van der Waals surface area contributed by atoms with E-state index in [0.29, 0.717) is 11.4 Å². The minimum atomic E-state index is -0.225. The number of nitrogens with one attached hydrogen (secondary N) is 1. The predicted molar refractivity (Wildman–Crippen MR) is 68.1 cm³/mol. The molecule has 1 aromatic rings. The Bertz CT molecular complexity index is 521. The molecule has 0 spiro atoms. The molecule has 3 rings (SSSR count). The molecule has 0 saturated carbocycles. The van der Waals surface area contributed by atoms with Gasteiger partial charge in [0.15, 0.2) is 0 Å². The van der Waals surface area contributed by atoms with Gasteiger partial charge in [0.2, 0.25) is 5.91 Å². The lowest BCUT2D eigenvalue weighted by molar-refractivity contribution is -0.126. The van der Waals surface area contributed by atoms with Gasteiger partial charge in [0.05, 0.1) is 18.2 Å². The number of nitrogens with zero attached hydrogens (tertiary/aromatic N) is 1. The van der Waals surface area contributed by atoms with Crippen LogP contribution in [0.15, 0.2) is 18.2 Å². The third-order valence-corrected chi connectivity index (χ3v) is 3.51. The van der Waals surface area contributed by atoms with E-state index in [0.717, 1.165) is 24.9 Å². The van der Waals surface area contributed by atoms with E-state index in [9.17, 15) is 9.59 Å². The van der Waals surface area contributed by atoms with E-state index >= 15 is 0 Å². The van der Waals surface area contributed by atoms with Gasteiger partial charge in [0.1, 0.15) is 0 Å². The highest BCUT2D eigenvalue weighted by Crippen LogP contribution is 2.31. The maximum atomic E-state index is 12.3. The molecule has 5 heteroatoms. The van der Waals surface area contributed by atoms with Crippen molar-refractivity contribution in [1.82, 2.24) is 5.32 Å². The predicted octanol–water partition coefficient (Wildman–Crippen LogP) is 0.436. The Hall–Kier alpha value is -1.88. The van der Waals surface area contributed by atoms with Gasteiger partial charge >= 0.3 is 0 Å². The zero-order valence-electron chi connectivity index (χ0n) is 9.98. The number of nitrogen functional groups attached to an aromatic ring is 1. The van der Waals surface area contributed by atoms with E-state index in [1.54, 1.807) is 18.2 Å². The molecule has 0 aromatic heterocycles. The van der Waals surface area contributed by atoms with E-state index in [-0.39, 0.29) is 24.3 Å². The Morgan fingerprint density at radius 3 is 3.00 bits per heavy atom. The molecule has 0 aliphatic carbocycles. The lowest BCUT2D eigenvalue weighted by atomic mass is 10.1.